The minimum atomic E-state index is -1.17. The van der Waals surface area contributed by atoms with Gasteiger partial charge < -0.3 is 20.2 Å². The molecule has 1 aromatic heterocycles. The van der Waals surface area contributed by atoms with Gasteiger partial charge in [-0.3, -0.25) is 9.59 Å². The Kier molecular flexibility index (Phi) is 7.79. The van der Waals surface area contributed by atoms with Gasteiger partial charge >= 0.3 is 5.97 Å². The van der Waals surface area contributed by atoms with Crippen LogP contribution in [-0.2, 0) is 16.0 Å². The number of carbonyl (C=O) groups excluding carboxylic acids is 2. The molecule has 7 nitrogen and oxygen atoms in total. The Morgan fingerprint density at radius 2 is 1.74 bits per heavy atom. The van der Waals surface area contributed by atoms with Crippen LogP contribution in [0.2, 0.25) is 0 Å². The molecule has 0 bridgehead atoms. The third kappa shape index (κ3) is 5.59. The van der Waals surface area contributed by atoms with Crippen LogP contribution < -0.4 is 5.73 Å². The third-order valence-electron chi connectivity index (χ3n) is 8.38. The lowest BCUT2D eigenvalue weighted by Crippen LogP contribution is -2.47. The SMILES string of the molecule is NC(CF)C1CCC(C(=O)N2CC[C@@H](c3ccc(F)cc3)[C@H]2C(=O)Cc2ccc3oc(C(=O)O)cc3c2)CC1. The molecule has 1 unspecified atom stereocenters. The van der Waals surface area contributed by atoms with Gasteiger partial charge in [0.15, 0.2) is 5.78 Å². The molecular weight excluding hydrogens is 506 g/mol. The third-order valence-corrected chi connectivity index (χ3v) is 8.38. The molecule has 2 fully saturated rings. The zero-order valence-electron chi connectivity index (χ0n) is 21.5. The standard InChI is InChI=1S/C30H32F2N2O5/c31-16-24(33)19-2-4-20(5-3-19)29(36)34-12-11-23(18-6-8-22(32)9-7-18)28(34)25(35)14-17-1-10-26-21(13-17)15-27(39-26)30(37)38/h1,6-10,13,15,19-20,23-24,28H,2-5,11-12,14,16,33H2,(H,37,38)/t19?,20?,23-,24?,28-/m0/s1. The maximum absolute atomic E-state index is 13.8. The Morgan fingerprint density at radius 3 is 2.41 bits per heavy atom. The summed E-state index contributed by atoms with van der Waals surface area (Å²) >= 11 is 0. The number of likely N-dealkylation sites (tertiary alicyclic amines) is 1. The van der Waals surface area contributed by atoms with E-state index < -0.39 is 24.7 Å². The molecular formula is C30H32F2N2O5. The first-order valence-corrected chi connectivity index (χ1v) is 13.4. The van der Waals surface area contributed by atoms with Crippen LogP contribution in [0, 0.1) is 17.7 Å². The second-order valence-corrected chi connectivity index (χ2v) is 10.8. The summed E-state index contributed by atoms with van der Waals surface area (Å²) in [5.74, 6) is -2.38. The zero-order chi connectivity index (χ0) is 27.7. The molecule has 1 aliphatic heterocycles. The summed E-state index contributed by atoms with van der Waals surface area (Å²) in [6.45, 7) is -0.155. The van der Waals surface area contributed by atoms with Crippen molar-refractivity contribution >= 4 is 28.6 Å². The van der Waals surface area contributed by atoms with Crippen LogP contribution in [-0.4, -0.2) is 53.0 Å². The lowest BCUT2D eigenvalue weighted by Gasteiger charge is -2.35. The van der Waals surface area contributed by atoms with Gasteiger partial charge in [-0.15, -0.1) is 0 Å². The van der Waals surface area contributed by atoms with E-state index in [1.165, 1.54) is 18.2 Å². The van der Waals surface area contributed by atoms with Crippen molar-refractivity contribution in [3.05, 3.63) is 71.2 Å². The number of alkyl halides is 1. The number of amides is 1. The zero-order valence-corrected chi connectivity index (χ0v) is 21.5. The van der Waals surface area contributed by atoms with E-state index in [0.717, 1.165) is 5.56 Å². The topological polar surface area (TPSA) is 114 Å². The van der Waals surface area contributed by atoms with Crippen LogP contribution in [0.3, 0.4) is 0 Å². The summed E-state index contributed by atoms with van der Waals surface area (Å²) in [5, 5.41) is 9.79. The van der Waals surface area contributed by atoms with Crippen molar-refractivity contribution < 1.29 is 32.7 Å². The molecule has 1 aliphatic carbocycles. The summed E-state index contributed by atoms with van der Waals surface area (Å²) in [7, 11) is 0. The Bertz CT molecular complexity index is 1360. The number of aromatic carboxylic acids is 1. The lowest BCUT2D eigenvalue weighted by molar-refractivity contribution is -0.142. The van der Waals surface area contributed by atoms with Gasteiger partial charge in [-0.25, -0.2) is 13.6 Å². The monoisotopic (exact) mass is 538 g/mol. The first-order valence-electron chi connectivity index (χ1n) is 13.4. The number of carboxylic acid groups (broad SMARTS) is 1. The van der Waals surface area contributed by atoms with E-state index in [4.69, 9.17) is 10.2 Å². The highest BCUT2D eigenvalue weighted by atomic mass is 19.1. The van der Waals surface area contributed by atoms with E-state index in [0.29, 0.717) is 55.2 Å². The number of carboxylic acids is 1. The van der Waals surface area contributed by atoms with E-state index in [-0.39, 0.29) is 47.4 Å². The molecule has 1 saturated heterocycles. The molecule has 0 radical (unpaired) electrons. The molecule has 206 valence electrons. The molecule has 3 atom stereocenters. The van der Waals surface area contributed by atoms with Crippen LogP contribution in [0.15, 0.2) is 52.9 Å². The summed E-state index contributed by atoms with van der Waals surface area (Å²) in [4.78, 5) is 40.5. The van der Waals surface area contributed by atoms with Crippen molar-refractivity contribution in [3.8, 4) is 0 Å². The molecule has 2 aromatic carbocycles. The molecule has 3 aromatic rings. The van der Waals surface area contributed by atoms with Gasteiger partial charge in [-0.1, -0.05) is 18.2 Å². The number of hydrogen-bond acceptors (Lipinski definition) is 5. The number of rotatable bonds is 8. The van der Waals surface area contributed by atoms with Gasteiger partial charge in [0.1, 0.15) is 18.1 Å². The fraction of sp³-hybridized carbons (Fsp3) is 0.433. The van der Waals surface area contributed by atoms with Crippen molar-refractivity contribution in [1.82, 2.24) is 4.90 Å². The highest BCUT2D eigenvalue weighted by Gasteiger charge is 2.44. The summed E-state index contributed by atoms with van der Waals surface area (Å²) in [6.07, 6.45) is 3.21. The number of nitrogens with zero attached hydrogens (tertiary/aromatic N) is 1. The average Bonchev–Trinajstić information content (AvgIpc) is 3.57. The van der Waals surface area contributed by atoms with Gasteiger partial charge in [-0.2, -0.15) is 0 Å². The fourth-order valence-electron chi connectivity index (χ4n) is 6.27. The van der Waals surface area contributed by atoms with Crippen molar-refractivity contribution in [2.75, 3.05) is 13.2 Å². The first-order chi connectivity index (χ1) is 18.7. The molecule has 9 heteroatoms. The van der Waals surface area contributed by atoms with Crippen LogP contribution in [0.4, 0.5) is 8.78 Å². The van der Waals surface area contributed by atoms with Crippen LogP contribution in [0.25, 0.3) is 11.0 Å². The number of furan rings is 1. The smallest absolute Gasteiger partial charge is 0.371 e. The number of ketones is 1. The van der Waals surface area contributed by atoms with E-state index in [1.807, 2.05) is 0 Å². The first kappa shape index (κ1) is 27.0. The predicted molar refractivity (Wildman–Crippen MR) is 141 cm³/mol. The summed E-state index contributed by atoms with van der Waals surface area (Å²) in [5.41, 5.74) is 7.79. The number of fused-ring (bicyclic) bond motifs is 1. The average molecular weight is 539 g/mol. The molecule has 1 saturated carbocycles. The van der Waals surface area contributed by atoms with Gasteiger partial charge in [0.25, 0.3) is 0 Å². The van der Waals surface area contributed by atoms with Crippen molar-refractivity contribution in [1.29, 1.82) is 0 Å². The molecule has 1 amide bonds. The normalized spacial score (nSPS) is 24.1. The number of carbonyl (C=O) groups is 3. The Morgan fingerprint density at radius 1 is 1.03 bits per heavy atom. The highest BCUT2D eigenvalue weighted by Crippen LogP contribution is 2.39. The summed E-state index contributed by atoms with van der Waals surface area (Å²) in [6, 6.07) is 11.4. The van der Waals surface area contributed by atoms with Gasteiger partial charge in [0, 0.05) is 36.2 Å². The quantitative estimate of drug-likeness (QED) is 0.423. The second kappa shape index (κ2) is 11.3. The summed E-state index contributed by atoms with van der Waals surface area (Å²) < 4.78 is 32.0. The Balaban J connectivity index is 1.38. The fourth-order valence-corrected chi connectivity index (χ4v) is 6.27. The van der Waals surface area contributed by atoms with Crippen molar-refractivity contribution in [3.63, 3.8) is 0 Å². The lowest BCUT2D eigenvalue weighted by atomic mass is 9.78. The van der Waals surface area contributed by atoms with E-state index >= 15 is 0 Å². The number of nitrogens with two attached hydrogens (primary N) is 1. The molecule has 2 aliphatic rings. The van der Waals surface area contributed by atoms with Gasteiger partial charge in [0.2, 0.25) is 11.7 Å². The van der Waals surface area contributed by atoms with Crippen LogP contribution in [0.1, 0.15) is 59.7 Å². The molecule has 0 spiro atoms. The van der Waals surface area contributed by atoms with E-state index in [9.17, 15) is 28.3 Å². The number of halogens is 2. The number of hydrogen-bond donors (Lipinski definition) is 2. The molecule has 39 heavy (non-hydrogen) atoms. The van der Waals surface area contributed by atoms with E-state index in [2.05, 4.69) is 0 Å². The minimum Gasteiger partial charge on any atom is -0.475 e. The van der Waals surface area contributed by atoms with Crippen LogP contribution >= 0.6 is 0 Å². The highest BCUT2D eigenvalue weighted by molar-refractivity contribution is 5.94. The van der Waals surface area contributed by atoms with E-state index in [1.54, 1.807) is 35.2 Å². The largest absolute Gasteiger partial charge is 0.475 e. The molecule has 2 heterocycles. The maximum Gasteiger partial charge on any atom is 0.371 e. The van der Waals surface area contributed by atoms with Gasteiger partial charge in [-0.05, 0) is 79.5 Å². The minimum absolute atomic E-state index is 0.0494. The van der Waals surface area contributed by atoms with Crippen molar-refractivity contribution in [2.24, 2.45) is 17.6 Å². The predicted octanol–water partition coefficient (Wildman–Crippen LogP) is 4.87. The Hall–Kier alpha value is -3.59. The second-order valence-electron chi connectivity index (χ2n) is 10.8. The van der Waals surface area contributed by atoms with Gasteiger partial charge in [0.05, 0.1) is 6.04 Å². The number of benzene rings is 2. The molecule has 3 N–H and O–H groups in total. The van der Waals surface area contributed by atoms with Crippen molar-refractivity contribution in [2.45, 2.75) is 56.5 Å². The maximum atomic E-state index is 13.8. The van der Waals surface area contributed by atoms with Crippen LogP contribution in [0.5, 0.6) is 0 Å². The number of Topliss-reactive ketones (excluding diaryl/α,β-unsaturated/α-hetero) is 1. The molecule has 5 rings (SSSR count). The Labute approximate surface area is 225 Å².